The zero-order chi connectivity index (χ0) is 18.1. The van der Waals surface area contributed by atoms with Crippen LogP contribution in [0.25, 0.3) is 10.9 Å². The average molecular weight is 356 g/mol. The number of nitrogens with zero attached hydrogens (tertiary/aromatic N) is 2. The number of carbonyl (C=O) groups excluding carboxylic acids is 1. The van der Waals surface area contributed by atoms with Crippen molar-refractivity contribution in [3.05, 3.63) is 30.0 Å². The third-order valence-corrected chi connectivity index (χ3v) is 5.66. The van der Waals surface area contributed by atoms with E-state index < -0.39 is 0 Å². The number of hydrogen-bond acceptors (Lipinski definition) is 4. The molecule has 6 nitrogen and oxygen atoms in total. The first kappa shape index (κ1) is 17.5. The van der Waals surface area contributed by atoms with Crippen LogP contribution in [0.15, 0.2) is 24.3 Å². The summed E-state index contributed by atoms with van der Waals surface area (Å²) in [5.74, 6) is 0.629. The minimum atomic E-state index is -0.0814. The summed E-state index contributed by atoms with van der Waals surface area (Å²) in [6, 6.07) is 8.75. The van der Waals surface area contributed by atoms with Gasteiger partial charge in [-0.15, -0.1) is 0 Å². The number of morpholine rings is 1. The maximum absolute atomic E-state index is 12.8. The molecule has 2 saturated heterocycles. The number of para-hydroxylation sites is 1. The van der Waals surface area contributed by atoms with Crippen LogP contribution in [0.3, 0.4) is 0 Å². The number of carbonyl (C=O) groups is 1. The van der Waals surface area contributed by atoms with Crippen LogP contribution in [0.5, 0.6) is 0 Å². The van der Waals surface area contributed by atoms with Gasteiger partial charge in [-0.1, -0.05) is 32.0 Å². The molecule has 3 heterocycles. The Balaban J connectivity index is 1.42. The van der Waals surface area contributed by atoms with Crippen LogP contribution in [0, 0.1) is 5.92 Å². The lowest BCUT2D eigenvalue weighted by molar-refractivity contribution is -0.0812. The summed E-state index contributed by atoms with van der Waals surface area (Å²) < 4.78 is 5.79. The lowest BCUT2D eigenvalue weighted by Gasteiger charge is -2.48. The topological polar surface area (TPSA) is 70.2 Å². The number of H-pyrrole nitrogens is 1. The van der Waals surface area contributed by atoms with E-state index in [-0.39, 0.29) is 11.9 Å². The summed E-state index contributed by atoms with van der Waals surface area (Å²) in [6.45, 7) is 7.21. The molecule has 2 aromatic rings. The Hall–Kier alpha value is -1.92. The summed E-state index contributed by atoms with van der Waals surface area (Å²) in [6.07, 6.45) is 3.11. The van der Waals surface area contributed by atoms with Gasteiger partial charge >= 0.3 is 0 Å². The molecule has 2 N–H and O–H groups in total. The number of rotatable bonds is 5. The second-order valence-corrected chi connectivity index (χ2v) is 8.03. The first-order valence-electron chi connectivity index (χ1n) is 9.69. The summed E-state index contributed by atoms with van der Waals surface area (Å²) >= 11 is 0. The molecule has 2 fully saturated rings. The number of amides is 1. The van der Waals surface area contributed by atoms with Crippen molar-refractivity contribution >= 4 is 16.8 Å². The van der Waals surface area contributed by atoms with Crippen molar-refractivity contribution in [2.45, 2.75) is 51.2 Å². The molecule has 0 radical (unpaired) electrons. The van der Waals surface area contributed by atoms with E-state index in [2.05, 4.69) is 34.3 Å². The SMILES string of the molecule is CC(C)CCN1[C@@H]2COC[C@H]1C[C@@H](NC(=O)c1n[nH]c3ccccc13)C2. The second kappa shape index (κ2) is 7.37. The molecule has 2 aliphatic rings. The van der Waals surface area contributed by atoms with Crippen LogP contribution in [-0.4, -0.2) is 58.9 Å². The molecule has 1 aromatic heterocycles. The number of aromatic amines is 1. The maximum atomic E-state index is 12.8. The summed E-state index contributed by atoms with van der Waals surface area (Å²) in [5.41, 5.74) is 1.38. The first-order chi connectivity index (χ1) is 12.6. The smallest absolute Gasteiger partial charge is 0.272 e. The normalized spacial score (nSPS) is 26.3. The Kier molecular flexibility index (Phi) is 4.96. The molecule has 2 aliphatic heterocycles. The molecule has 0 spiro atoms. The van der Waals surface area contributed by atoms with E-state index in [0.29, 0.717) is 23.7 Å². The number of aromatic nitrogens is 2. The fourth-order valence-corrected chi connectivity index (χ4v) is 4.27. The third-order valence-electron chi connectivity index (χ3n) is 5.66. The summed E-state index contributed by atoms with van der Waals surface area (Å²) in [4.78, 5) is 15.4. The molecule has 4 rings (SSSR count). The average Bonchev–Trinajstić information content (AvgIpc) is 3.04. The molecule has 6 heteroatoms. The van der Waals surface area contributed by atoms with E-state index >= 15 is 0 Å². The molecule has 3 atom stereocenters. The van der Waals surface area contributed by atoms with Gasteiger partial charge in [0.05, 0.1) is 18.7 Å². The fourth-order valence-electron chi connectivity index (χ4n) is 4.27. The predicted octanol–water partition coefficient (Wildman–Crippen LogP) is 2.57. The molecule has 0 unspecified atom stereocenters. The largest absolute Gasteiger partial charge is 0.378 e. The van der Waals surface area contributed by atoms with Gasteiger partial charge in [0.1, 0.15) is 0 Å². The monoisotopic (exact) mass is 356 g/mol. The van der Waals surface area contributed by atoms with Crippen LogP contribution in [0.1, 0.15) is 43.6 Å². The highest BCUT2D eigenvalue weighted by Gasteiger charge is 2.39. The lowest BCUT2D eigenvalue weighted by Crippen LogP contribution is -2.60. The predicted molar refractivity (Wildman–Crippen MR) is 101 cm³/mol. The lowest BCUT2D eigenvalue weighted by atomic mass is 9.89. The molecule has 0 aliphatic carbocycles. The number of hydrogen-bond donors (Lipinski definition) is 2. The van der Waals surface area contributed by atoms with E-state index in [1.54, 1.807) is 0 Å². The highest BCUT2D eigenvalue weighted by atomic mass is 16.5. The van der Waals surface area contributed by atoms with Gasteiger partial charge in [-0.25, -0.2) is 0 Å². The highest BCUT2D eigenvalue weighted by molar-refractivity contribution is 6.04. The van der Waals surface area contributed by atoms with E-state index in [1.165, 1.54) is 6.42 Å². The highest BCUT2D eigenvalue weighted by Crippen LogP contribution is 2.29. The van der Waals surface area contributed by atoms with Crippen molar-refractivity contribution in [3.63, 3.8) is 0 Å². The van der Waals surface area contributed by atoms with E-state index in [9.17, 15) is 4.79 Å². The number of fused-ring (bicyclic) bond motifs is 3. The minimum Gasteiger partial charge on any atom is -0.378 e. The number of nitrogens with one attached hydrogen (secondary N) is 2. The van der Waals surface area contributed by atoms with Crippen LogP contribution in [0.4, 0.5) is 0 Å². The molecule has 1 amide bonds. The van der Waals surface area contributed by atoms with Crippen molar-refractivity contribution < 1.29 is 9.53 Å². The molecular weight excluding hydrogens is 328 g/mol. The molecule has 26 heavy (non-hydrogen) atoms. The standard InChI is InChI=1S/C20H28N4O2/c1-13(2)7-8-24-15-9-14(10-16(24)12-26-11-15)21-20(25)19-17-5-3-4-6-18(17)22-23-19/h3-6,13-16H,7-12H2,1-2H3,(H,21,25)(H,22,23)/t14-,15-,16+. The number of piperidine rings is 1. The van der Waals surface area contributed by atoms with Crippen molar-refractivity contribution in [2.75, 3.05) is 19.8 Å². The summed E-state index contributed by atoms with van der Waals surface area (Å²) in [7, 11) is 0. The Bertz CT molecular complexity index is 758. The van der Waals surface area contributed by atoms with Gasteiger partial charge in [-0.05, 0) is 37.8 Å². The Morgan fingerprint density at radius 1 is 1.31 bits per heavy atom. The molecule has 1 aromatic carbocycles. The van der Waals surface area contributed by atoms with Crippen LogP contribution in [-0.2, 0) is 4.74 Å². The number of ether oxygens (including phenoxy) is 1. The quantitative estimate of drug-likeness (QED) is 0.864. The van der Waals surface area contributed by atoms with Gasteiger partial charge in [-0.3, -0.25) is 14.8 Å². The van der Waals surface area contributed by atoms with Crippen molar-refractivity contribution in [2.24, 2.45) is 5.92 Å². The zero-order valence-electron chi connectivity index (χ0n) is 15.6. The molecule has 2 bridgehead atoms. The van der Waals surface area contributed by atoms with Gasteiger partial charge in [0.15, 0.2) is 5.69 Å². The second-order valence-electron chi connectivity index (χ2n) is 8.03. The Morgan fingerprint density at radius 3 is 2.77 bits per heavy atom. The van der Waals surface area contributed by atoms with Gasteiger partial charge in [0.2, 0.25) is 0 Å². The van der Waals surface area contributed by atoms with Crippen LogP contribution < -0.4 is 5.32 Å². The Labute approximate surface area is 154 Å². The Morgan fingerprint density at radius 2 is 2.04 bits per heavy atom. The zero-order valence-corrected chi connectivity index (χ0v) is 15.6. The van der Waals surface area contributed by atoms with Crippen molar-refractivity contribution in [3.8, 4) is 0 Å². The van der Waals surface area contributed by atoms with Gasteiger partial charge in [0, 0.05) is 23.5 Å². The summed E-state index contributed by atoms with van der Waals surface area (Å²) in [5, 5.41) is 11.3. The molecule has 0 saturated carbocycles. The van der Waals surface area contributed by atoms with Crippen molar-refractivity contribution in [1.29, 1.82) is 0 Å². The van der Waals surface area contributed by atoms with Gasteiger partial charge in [0.25, 0.3) is 5.91 Å². The maximum Gasteiger partial charge on any atom is 0.272 e. The van der Waals surface area contributed by atoms with Crippen LogP contribution in [0.2, 0.25) is 0 Å². The van der Waals surface area contributed by atoms with E-state index in [4.69, 9.17) is 4.74 Å². The first-order valence-corrected chi connectivity index (χ1v) is 9.69. The molecule has 140 valence electrons. The third kappa shape index (κ3) is 3.48. The molecular formula is C20H28N4O2. The van der Waals surface area contributed by atoms with Crippen molar-refractivity contribution in [1.82, 2.24) is 20.4 Å². The van der Waals surface area contributed by atoms with E-state index in [0.717, 1.165) is 43.5 Å². The van der Waals surface area contributed by atoms with Gasteiger partial charge in [-0.2, -0.15) is 5.10 Å². The minimum absolute atomic E-state index is 0.0814. The number of benzene rings is 1. The van der Waals surface area contributed by atoms with E-state index in [1.807, 2.05) is 24.3 Å². The fraction of sp³-hybridized carbons (Fsp3) is 0.600. The van der Waals surface area contributed by atoms with Crippen LogP contribution >= 0.6 is 0 Å². The van der Waals surface area contributed by atoms with Gasteiger partial charge < -0.3 is 10.1 Å².